The fourth-order valence-corrected chi connectivity index (χ4v) is 1.88. The molecule has 1 aliphatic heterocycles. The minimum absolute atomic E-state index is 0.208. The predicted octanol–water partition coefficient (Wildman–Crippen LogP) is 2.37. The summed E-state index contributed by atoms with van der Waals surface area (Å²) in [5.74, 6) is 0.887. The number of benzene rings is 1. The third-order valence-electron chi connectivity index (χ3n) is 2.99. The molecule has 1 aliphatic rings. The van der Waals surface area contributed by atoms with Crippen LogP contribution in [0.5, 0.6) is 0 Å². The smallest absolute Gasteiger partial charge is 0.349 e. The van der Waals surface area contributed by atoms with Gasteiger partial charge in [0.25, 0.3) is 0 Å². The minimum Gasteiger partial charge on any atom is -0.363 e. The molecule has 0 aromatic heterocycles. The molecule has 0 bridgehead atoms. The Morgan fingerprint density at radius 1 is 1.35 bits per heavy atom. The van der Waals surface area contributed by atoms with Crippen LogP contribution in [0.4, 0.5) is 10.5 Å². The van der Waals surface area contributed by atoms with Crippen molar-refractivity contribution in [2.24, 2.45) is 4.99 Å². The highest BCUT2D eigenvalue weighted by Gasteiger charge is 2.17. The Morgan fingerprint density at radius 3 is 2.65 bits per heavy atom. The molecule has 0 spiro atoms. The maximum atomic E-state index is 12.0. The van der Waals surface area contributed by atoms with E-state index in [1.807, 2.05) is 42.3 Å². The number of nitrogens with zero attached hydrogens (tertiary/aromatic N) is 3. The van der Waals surface area contributed by atoms with Crippen LogP contribution >= 0.6 is 0 Å². The van der Waals surface area contributed by atoms with E-state index in [1.54, 1.807) is 11.9 Å². The Morgan fingerprint density at radius 2 is 2.06 bits per heavy atom. The number of amides is 2. The summed E-state index contributed by atoms with van der Waals surface area (Å²) in [5.41, 5.74) is 0.863. The van der Waals surface area contributed by atoms with Crippen molar-refractivity contribution in [3.05, 3.63) is 30.3 Å². The lowest BCUT2D eigenvalue weighted by atomic mass is 10.3. The molecular weight excluding hydrogens is 214 g/mol. The molecule has 0 N–H and O–H groups in total. The fraction of sp³-hybridized carbons (Fsp3) is 0.385. The normalized spacial score (nSPS) is 17.5. The summed E-state index contributed by atoms with van der Waals surface area (Å²) in [6, 6.07) is 9.34. The summed E-state index contributed by atoms with van der Waals surface area (Å²) in [6.45, 7) is 0.987. The number of carbonyl (C=O) groups excluding carboxylic acids is 1. The van der Waals surface area contributed by atoms with Gasteiger partial charge in [-0.3, -0.25) is 4.90 Å². The highest BCUT2D eigenvalue weighted by Crippen LogP contribution is 2.14. The van der Waals surface area contributed by atoms with Gasteiger partial charge in [-0.1, -0.05) is 18.2 Å². The molecule has 1 heterocycles. The molecule has 0 radical (unpaired) electrons. The molecule has 4 heteroatoms. The molecule has 1 aromatic carbocycles. The average Bonchev–Trinajstić information content (AvgIpc) is 2.75. The first-order chi connectivity index (χ1) is 8.18. The molecule has 17 heavy (non-hydrogen) atoms. The van der Waals surface area contributed by atoms with Crippen LogP contribution in [-0.2, 0) is 0 Å². The number of likely N-dealkylation sites (tertiary alicyclic amines) is 1. The van der Waals surface area contributed by atoms with E-state index in [1.165, 1.54) is 0 Å². The van der Waals surface area contributed by atoms with Gasteiger partial charge >= 0.3 is 6.03 Å². The number of urea groups is 1. The molecule has 4 nitrogen and oxygen atoms in total. The Kier molecular flexibility index (Phi) is 3.42. The van der Waals surface area contributed by atoms with Crippen molar-refractivity contribution in [1.82, 2.24) is 4.90 Å². The van der Waals surface area contributed by atoms with Crippen molar-refractivity contribution >= 4 is 17.6 Å². The molecule has 90 valence electrons. The van der Waals surface area contributed by atoms with E-state index in [0.29, 0.717) is 0 Å². The van der Waals surface area contributed by atoms with Crippen LogP contribution in [0.3, 0.4) is 0 Å². The zero-order chi connectivity index (χ0) is 12.3. The van der Waals surface area contributed by atoms with Gasteiger partial charge in [0.15, 0.2) is 0 Å². The Balaban J connectivity index is 2.10. The van der Waals surface area contributed by atoms with Gasteiger partial charge in [0, 0.05) is 32.7 Å². The minimum atomic E-state index is -0.208. The predicted molar refractivity (Wildman–Crippen MR) is 69.5 cm³/mol. The number of amidine groups is 1. The van der Waals surface area contributed by atoms with Crippen LogP contribution in [0, 0.1) is 0 Å². The van der Waals surface area contributed by atoms with Gasteiger partial charge < -0.3 is 4.90 Å². The summed E-state index contributed by atoms with van der Waals surface area (Å²) in [6.07, 6.45) is 1.97. The van der Waals surface area contributed by atoms with Crippen LogP contribution in [-0.4, -0.2) is 37.4 Å². The Labute approximate surface area is 102 Å². The molecule has 2 amide bonds. The van der Waals surface area contributed by atoms with Gasteiger partial charge in [-0.2, -0.15) is 4.99 Å². The van der Waals surface area contributed by atoms with Crippen molar-refractivity contribution in [3.8, 4) is 0 Å². The standard InChI is InChI=1S/C13H17N3O/c1-15-10-6-9-12(15)14-13(17)16(2)11-7-4-3-5-8-11/h3-5,7-8H,6,9-10H2,1-2H3. The van der Waals surface area contributed by atoms with Crippen LogP contribution in [0.15, 0.2) is 35.3 Å². The molecule has 1 fully saturated rings. The molecule has 1 aromatic rings. The van der Waals surface area contributed by atoms with E-state index in [2.05, 4.69) is 4.99 Å². The number of carbonyl (C=O) groups is 1. The quantitative estimate of drug-likeness (QED) is 0.744. The monoisotopic (exact) mass is 231 g/mol. The Bertz CT molecular complexity index is 428. The van der Waals surface area contributed by atoms with E-state index in [0.717, 1.165) is 30.9 Å². The van der Waals surface area contributed by atoms with E-state index < -0.39 is 0 Å². The van der Waals surface area contributed by atoms with Crippen molar-refractivity contribution in [2.45, 2.75) is 12.8 Å². The van der Waals surface area contributed by atoms with E-state index in [4.69, 9.17) is 0 Å². The van der Waals surface area contributed by atoms with E-state index in [-0.39, 0.29) is 6.03 Å². The number of hydrogen-bond donors (Lipinski definition) is 0. The van der Waals surface area contributed by atoms with Gasteiger partial charge in [-0.05, 0) is 18.6 Å². The Hall–Kier alpha value is -1.84. The SMILES string of the molecule is CN1CCCC1=NC(=O)N(C)c1ccccc1. The zero-order valence-electron chi connectivity index (χ0n) is 10.3. The molecule has 0 atom stereocenters. The van der Waals surface area contributed by atoms with Gasteiger partial charge in [-0.25, -0.2) is 4.79 Å². The van der Waals surface area contributed by atoms with Crippen molar-refractivity contribution in [1.29, 1.82) is 0 Å². The maximum Gasteiger partial charge on any atom is 0.349 e. The van der Waals surface area contributed by atoms with Gasteiger partial charge in [0.05, 0.1) is 0 Å². The summed E-state index contributed by atoms with van der Waals surface area (Å²) in [7, 11) is 3.72. The van der Waals surface area contributed by atoms with Crippen LogP contribution in [0.2, 0.25) is 0 Å². The number of rotatable bonds is 1. The van der Waals surface area contributed by atoms with Gasteiger partial charge in [0.2, 0.25) is 0 Å². The van der Waals surface area contributed by atoms with Crippen molar-refractivity contribution in [3.63, 3.8) is 0 Å². The second-order valence-corrected chi connectivity index (χ2v) is 4.23. The average molecular weight is 231 g/mol. The van der Waals surface area contributed by atoms with E-state index >= 15 is 0 Å². The second kappa shape index (κ2) is 4.99. The maximum absolute atomic E-state index is 12.0. The lowest BCUT2D eigenvalue weighted by Gasteiger charge is -2.16. The van der Waals surface area contributed by atoms with Gasteiger partial charge in [-0.15, -0.1) is 0 Å². The summed E-state index contributed by atoms with van der Waals surface area (Å²) in [4.78, 5) is 19.7. The first kappa shape index (κ1) is 11.6. The summed E-state index contributed by atoms with van der Waals surface area (Å²) in [5, 5.41) is 0. The lowest BCUT2D eigenvalue weighted by Crippen LogP contribution is -2.27. The van der Waals surface area contributed by atoms with Crippen molar-refractivity contribution in [2.75, 3.05) is 25.5 Å². The van der Waals surface area contributed by atoms with Crippen molar-refractivity contribution < 1.29 is 4.79 Å². The fourth-order valence-electron chi connectivity index (χ4n) is 1.88. The molecular formula is C13H17N3O. The molecule has 0 saturated carbocycles. The first-order valence-electron chi connectivity index (χ1n) is 5.80. The molecule has 1 saturated heterocycles. The highest BCUT2D eigenvalue weighted by molar-refractivity contribution is 6.01. The molecule has 0 unspecified atom stereocenters. The lowest BCUT2D eigenvalue weighted by molar-refractivity contribution is 0.255. The largest absolute Gasteiger partial charge is 0.363 e. The molecule has 2 rings (SSSR count). The number of para-hydroxylation sites is 1. The summed E-state index contributed by atoms with van der Waals surface area (Å²) >= 11 is 0. The molecule has 0 aliphatic carbocycles. The number of aliphatic imine (C=N–C) groups is 1. The van der Waals surface area contributed by atoms with Gasteiger partial charge in [0.1, 0.15) is 5.84 Å². The highest BCUT2D eigenvalue weighted by atomic mass is 16.2. The third kappa shape index (κ3) is 2.64. The number of hydrogen-bond acceptors (Lipinski definition) is 1. The van der Waals surface area contributed by atoms with Crippen LogP contribution < -0.4 is 4.90 Å². The zero-order valence-corrected chi connectivity index (χ0v) is 10.3. The second-order valence-electron chi connectivity index (χ2n) is 4.23. The van der Waals surface area contributed by atoms with Crippen LogP contribution in [0.1, 0.15) is 12.8 Å². The first-order valence-corrected chi connectivity index (χ1v) is 5.80. The van der Waals surface area contributed by atoms with E-state index in [9.17, 15) is 4.79 Å². The number of anilines is 1. The third-order valence-corrected chi connectivity index (χ3v) is 2.99. The topological polar surface area (TPSA) is 35.9 Å². The van der Waals surface area contributed by atoms with Crippen LogP contribution in [0.25, 0.3) is 0 Å². The summed E-state index contributed by atoms with van der Waals surface area (Å²) < 4.78 is 0.